The summed E-state index contributed by atoms with van der Waals surface area (Å²) < 4.78 is 8.29. The first-order valence-corrected chi connectivity index (χ1v) is 9.98. The first-order chi connectivity index (χ1) is 13.6. The Hall–Kier alpha value is -2.92. The molecule has 1 aromatic carbocycles. The Morgan fingerprint density at radius 1 is 0.964 bits per heavy atom. The van der Waals surface area contributed by atoms with Crippen LogP contribution in [-0.4, -0.2) is 29.7 Å². The van der Waals surface area contributed by atoms with E-state index in [4.69, 9.17) is 15.9 Å². The highest BCUT2D eigenvalue weighted by molar-refractivity contribution is 9.10. The maximum Gasteiger partial charge on any atom is 0.225 e. The van der Waals surface area contributed by atoms with Crippen LogP contribution in [0.15, 0.2) is 56.7 Å². The number of benzene rings is 1. The number of nitrogens with zero attached hydrogens (tertiary/aromatic N) is 6. The van der Waals surface area contributed by atoms with Crippen molar-refractivity contribution in [2.24, 2.45) is 0 Å². The van der Waals surface area contributed by atoms with Gasteiger partial charge in [0.25, 0.3) is 0 Å². The van der Waals surface area contributed by atoms with E-state index in [0.717, 1.165) is 5.56 Å². The van der Waals surface area contributed by atoms with Crippen molar-refractivity contribution < 1.29 is 4.42 Å². The summed E-state index contributed by atoms with van der Waals surface area (Å²) in [7, 11) is 0. The Bertz CT molecular complexity index is 1080. The standard InChI is InChI=1S/C17H15BrN8OS/c18-12-7-6-11(27-12)14-24-25-17(26(14)8-10-4-2-1-3-5-10)28-9-13-21-15(19)23-16(20)22-13/h1-7H,8-9H2,(H4,19,20,21,22,23). The molecule has 0 bridgehead atoms. The molecule has 0 amide bonds. The third-order valence-electron chi connectivity index (χ3n) is 3.74. The largest absolute Gasteiger partial charge is 0.446 e. The quantitative estimate of drug-likeness (QED) is 0.417. The van der Waals surface area contributed by atoms with Crippen molar-refractivity contribution in [3.8, 4) is 11.6 Å². The predicted molar refractivity (Wildman–Crippen MR) is 109 cm³/mol. The smallest absolute Gasteiger partial charge is 0.225 e. The van der Waals surface area contributed by atoms with Gasteiger partial charge in [0.2, 0.25) is 17.7 Å². The van der Waals surface area contributed by atoms with Gasteiger partial charge >= 0.3 is 0 Å². The van der Waals surface area contributed by atoms with Crippen LogP contribution in [0.4, 0.5) is 11.9 Å². The molecule has 3 heterocycles. The molecule has 142 valence electrons. The Morgan fingerprint density at radius 2 is 1.71 bits per heavy atom. The number of aromatic nitrogens is 6. The second-order valence-corrected chi connectivity index (χ2v) is 7.46. The van der Waals surface area contributed by atoms with Crippen molar-refractivity contribution in [3.63, 3.8) is 0 Å². The summed E-state index contributed by atoms with van der Waals surface area (Å²) in [6.07, 6.45) is 0. The number of nitrogens with two attached hydrogens (primary N) is 2. The number of furan rings is 1. The molecule has 0 saturated carbocycles. The van der Waals surface area contributed by atoms with Crippen LogP contribution in [0.2, 0.25) is 0 Å². The van der Waals surface area contributed by atoms with Gasteiger partial charge in [-0.1, -0.05) is 42.1 Å². The summed E-state index contributed by atoms with van der Waals surface area (Å²) >= 11 is 4.76. The van der Waals surface area contributed by atoms with Crippen molar-refractivity contribution in [1.29, 1.82) is 0 Å². The number of thioether (sulfide) groups is 1. The van der Waals surface area contributed by atoms with E-state index < -0.39 is 0 Å². The molecule has 0 aliphatic rings. The zero-order valence-corrected chi connectivity index (χ0v) is 16.9. The van der Waals surface area contributed by atoms with Crippen LogP contribution >= 0.6 is 27.7 Å². The van der Waals surface area contributed by atoms with E-state index in [1.165, 1.54) is 11.8 Å². The molecule has 0 aliphatic heterocycles. The van der Waals surface area contributed by atoms with E-state index in [1.54, 1.807) is 0 Å². The van der Waals surface area contributed by atoms with Crippen molar-refractivity contribution in [2.45, 2.75) is 17.5 Å². The van der Waals surface area contributed by atoms with Gasteiger partial charge in [-0.25, -0.2) is 0 Å². The van der Waals surface area contributed by atoms with Crippen LogP contribution < -0.4 is 11.5 Å². The van der Waals surface area contributed by atoms with Crippen molar-refractivity contribution in [2.75, 3.05) is 11.5 Å². The van der Waals surface area contributed by atoms with E-state index in [0.29, 0.717) is 39.5 Å². The number of hydrogen-bond donors (Lipinski definition) is 2. The molecule has 4 N–H and O–H groups in total. The fourth-order valence-corrected chi connectivity index (χ4v) is 3.67. The van der Waals surface area contributed by atoms with Crippen molar-refractivity contribution in [3.05, 3.63) is 58.5 Å². The van der Waals surface area contributed by atoms with E-state index in [2.05, 4.69) is 41.1 Å². The molecular weight excluding hydrogens is 444 g/mol. The molecule has 0 radical (unpaired) electrons. The lowest BCUT2D eigenvalue weighted by atomic mass is 10.2. The normalized spacial score (nSPS) is 11.0. The summed E-state index contributed by atoms with van der Waals surface area (Å²) in [5, 5.41) is 9.34. The molecule has 11 heteroatoms. The summed E-state index contributed by atoms with van der Waals surface area (Å²) in [5.74, 6) is 2.34. The monoisotopic (exact) mass is 458 g/mol. The maximum atomic E-state index is 5.67. The zero-order valence-electron chi connectivity index (χ0n) is 14.5. The van der Waals surface area contributed by atoms with E-state index in [1.807, 2.05) is 47.0 Å². The Labute approximate surface area is 172 Å². The summed E-state index contributed by atoms with van der Waals surface area (Å²) in [5.41, 5.74) is 12.4. The zero-order chi connectivity index (χ0) is 19.5. The SMILES string of the molecule is Nc1nc(N)nc(CSc2nnc(-c3ccc(Br)o3)n2Cc2ccccc2)n1. The number of hydrogen-bond acceptors (Lipinski definition) is 9. The average Bonchev–Trinajstić information content (AvgIpc) is 3.26. The lowest BCUT2D eigenvalue weighted by Gasteiger charge is -2.09. The van der Waals surface area contributed by atoms with Gasteiger partial charge in [-0.15, -0.1) is 10.2 Å². The Balaban J connectivity index is 1.65. The first-order valence-electron chi connectivity index (χ1n) is 8.20. The van der Waals surface area contributed by atoms with E-state index in [9.17, 15) is 0 Å². The Kier molecular flexibility index (Phi) is 5.26. The van der Waals surface area contributed by atoms with Crippen molar-refractivity contribution >= 4 is 39.6 Å². The summed E-state index contributed by atoms with van der Waals surface area (Å²) in [6, 6.07) is 13.7. The van der Waals surface area contributed by atoms with Gasteiger partial charge < -0.3 is 15.9 Å². The average molecular weight is 459 g/mol. The highest BCUT2D eigenvalue weighted by Gasteiger charge is 2.18. The Morgan fingerprint density at radius 3 is 2.39 bits per heavy atom. The van der Waals surface area contributed by atoms with Crippen molar-refractivity contribution in [1.82, 2.24) is 29.7 Å². The molecular formula is C17H15BrN8OS. The van der Waals surface area contributed by atoms with Gasteiger partial charge in [0, 0.05) is 0 Å². The fourth-order valence-electron chi connectivity index (χ4n) is 2.57. The molecule has 4 aromatic rings. The number of rotatable bonds is 6. The van der Waals surface area contributed by atoms with Crippen LogP contribution in [-0.2, 0) is 12.3 Å². The molecule has 0 atom stereocenters. The van der Waals surface area contributed by atoms with Gasteiger partial charge in [0.05, 0.1) is 12.3 Å². The minimum Gasteiger partial charge on any atom is -0.446 e. The van der Waals surface area contributed by atoms with Gasteiger partial charge in [0.1, 0.15) is 5.82 Å². The summed E-state index contributed by atoms with van der Waals surface area (Å²) in [4.78, 5) is 12.0. The minimum absolute atomic E-state index is 0.0926. The van der Waals surface area contributed by atoms with Gasteiger partial charge in [0.15, 0.2) is 15.6 Å². The van der Waals surface area contributed by atoms with Crippen LogP contribution in [0.3, 0.4) is 0 Å². The lowest BCUT2D eigenvalue weighted by Crippen LogP contribution is -2.07. The van der Waals surface area contributed by atoms with Crippen LogP contribution in [0.5, 0.6) is 0 Å². The van der Waals surface area contributed by atoms with E-state index >= 15 is 0 Å². The highest BCUT2D eigenvalue weighted by Crippen LogP contribution is 2.29. The fraction of sp³-hybridized carbons (Fsp3) is 0.118. The third kappa shape index (κ3) is 4.15. The molecule has 0 saturated heterocycles. The van der Waals surface area contributed by atoms with Crippen LogP contribution in [0.25, 0.3) is 11.6 Å². The van der Waals surface area contributed by atoms with Crippen LogP contribution in [0.1, 0.15) is 11.4 Å². The molecule has 9 nitrogen and oxygen atoms in total. The van der Waals surface area contributed by atoms with Gasteiger partial charge in [-0.05, 0) is 33.6 Å². The maximum absolute atomic E-state index is 5.67. The minimum atomic E-state index is 0.0926. The predicted octanol–water partition coefficient (Wildman–Crippen LogP) is 2.99. The molecule has 4 rings (SSSR count). The topological polar surface area (TPSA) is 135 Å². The molecule has 0 aliphatic carbocycles. The molecule has 0 spiro atoms. The third-order valence-corrected chi connectivity index (χ3v) is 5.13. The van der Waals surface area contributed by atoms with E-state index in [-0.39, 0.29) is 11.9 Å². The first kappa shape index (κ1) is 18.4. The van der Waals surface area contributed by atoms with Gasteiger partial charge in [-0.2, -0.15) is 15.0 Å². The summed E-state index contributed by atoms with van der Waals surface area (Å²) in [6.45, 7) is 0.589. The molecule has 0 fully saturated rings. The highest BCUT2D eigenvalue weighted by atomic mass is 79.9. The van der Waals surface area contributed by atoms with Gasteiger partial charge in [-0.3, -0.25) is 4.57 Å². The second kappa shape index (κ2) is 7.98. The number of halogens is 1. The molecule has 28 heavy (non-hydrogen) atoms. The van der Waals surface area contributed by atoms with Crippen LogP contribution in [0, 0.1) is 0 Å². The lowest BCUT2D eigenvalue weighted by molar-refractivity contribution is 0.545. The molecule has 0 unspecified atom stereocenters. The second-order valence-electron chi connectivity index (χ2n) is 5.74. The number of anilines is 2. The molecule has 3 aromatic heterocycles. The number of nitrogen functional groups attached to an aromatic ring is 2.